The lowest BCUT2D eigenvalue weighted by Gasteiger charge is -2.08. The van der Waals surface area contributed by atoms with Crippen molar-refractivity contribution in [3.63, 3.8) is 0 Å². The molecule has 0 aliphatic rings. The van der Waals surface area contributed by atoms with Gasteiger partial charge in [-0.25, -0.2) is 4.79 Å². The van der Waals surface area contributed by atoms with Gasteiger partial charge in [0.05, 0.1) is 13.2 Å². The highest BCUT2D eigenvalue weighted by Gasteiger charge is 2.01. The summed E-state index contributed by atoms with van der Waals surface area (Å²) < 4.78 is 6.66. The first-order valence-corrected chi connectivity index (χ1v) is 5.17. The number of aromatic nitrogens is 2. The van der Waals surface area contributed by atoms with Crippen molar-refractivity contribution in [1.82, 2.24) is 9.55 Å². The van der Waals surface area contributed by atoms with Crippen LogP contribution in [0.15, 0.2) is 15.8 Å². The predicted octanol–water partition coefficient (Wildman–Crippen LogP) is -0.209. The van der Waals surface area contributed by atoms with Crippen LogP contribution in [0, 0.1) is 5.92 Å². The smallest absolute Gasteiger partial charge is 0.328 e. The minimum atomic E-state index is -0.552. The quantitative estimate of drug-likeness (QED) is 0.681. The summed E-state index contributed by atoms with van der Waals surface area (Å²) in [4.78, 5) is 24.4. The Morgan fingerprint density at radius 2 is 2.19 bits per heavy atom. The molecule has 1 aromatic heterocycles. The number of nitrogens with two attached hydrogens (primary N) is 1. The molecule has 3 N–H and O–H groups in total. The number of aromatic amines is 1. The van der Waals surface area contributed by atoms with E-state index in [1.165, 1.54) is 10.8 Å². The monoisotopic (exact) mass is 227 g/mol. The Balaban J connectivity index is 2.58. The number of nitrogen functional groups attached to an aromatic ring is 1. The van der Waals surface area contributed by atoms with Crippen molar-refractivity contribution < 1.29 is 4.74 Å². The molecule has 16 heavy (non-hydrogen) atoms. The maximum absolute atomic E-state index is 11.3. The van der Waals surface area contributed by atoms with Gasteiger partial charge in [0.25, 0.3) is 5.56 Å². The highest BCUT2D eigenvalue weighted by Crippen LogP contribution is 1.93. The number of ether oxygens (including phenoxy) is 1. The highest BCUT2D eigenvalue weighted by molar-refractivity contribution is 5.30. The van der Waals surface area contributed by atoms with Crippen molar-refractivity contribution >= 4 is 5.69 Å². The molecule has 0 unspecified atom stereocenters. The fourth-order valence-electron chi connectivity index (χ4n) is 1.17. The van der Waals surface area contributed by atoms with E-state index < -0.39 is 11.2 Å². The van der Waals surface area contributed by atoms with Crippen LogP contribution in [-0.4, -0.2) is 22.8 Å². The van der Waals surface area contributed by atoms with Crippen LogP contribution in [0.3, 0.4) is 0 Å². The molecule has 1 aromatic rings. The van der Waals surface area contributed by atoms with Gasteiger partial charge in [-0.05, 0) is 5.92 Å². The van der Waals surface area contributed by atoms with Crippen molar-refractivity contribution in [2.75, 3.05) is 18.9 Å². The van der Waals surface area contributed by atoms with Crippen molar-refractivity contribution in [1.29, 1.82) is 0 Å². The summed E-state index contributed by atoms with van der Waals surface area (Å²) in [7, 11) is 0. The molecule has 0 radical (unpaired) electrons. The largest absolute Gasteiger partial charge is 0.393 e. The molecule has 0 aliphatic heterocycles. The van der Waals surface area contributed by atoms with Gasteiger partial charge >= 0.3 is 5.69 Å². The minimum Gasteiger partial charge on any atom is -0.393 e. The lowest BCUT2D eigenvalue weighted by atomic mass is 10.2. The molecule has 0 spiro atoms. The number of anilines is 1. The Kier molecular flexibility index (Phi) is 4.30. The third-order valence-corrected chi connectivity index (χ3v) is 1.97. The number of nitrogens with zero attached hydrogens (tertiary/aromatic N) is 1. The Morgan fingerprint density at radius 3 is 2.81 bits per heavy atom. The molecule has 0 aromatic carbocycles. The number of hydrogen-bond acceptors (Lipinski definition) is 4. The molecule has 0 amide bonds. The van der Waals surface area contributed by atoms with E-state index in [1.54, 1.807) is 0 Å². The fraction of sp³-hybridized carbons (Fsp3) is 0.600. The van der Waals surface area contributed by atoms with E-state index >= 15 is 0 Å². The van der Waals surface area contributed by atoms with Crippen molar-refractivity contribution in [3.8, 4) is 0 Å². The third-order valence-electron chi connectivity index (χ3n) is 1.97. The zero-order chi connectivity index (χ0) is 12.1. The van der Waals surface area contributed by atoms with E-state index in [1.807, 2.05) is 13.8 Å². The topological polar surface area (TPSA) is 90.1 Å². The molecule has 0 bridgehead atoms. The van der Waals surface area contributed by atoms with Gasteiger partial charge in [0.2, 0.25) is 0 Å². The Labute approximate surface area is 93.0 Å². The van der Waals surface area contributed by atoms with Crippen LogP contribution in [0.2, 0.25) is 0 Å². The van der Waals surface area contributed by atoms with Crippen molar-refractivity contribution in [2.45, 2.75) is 20.4 Å². The fourth-order valence-corrected chi connectivity index (χ4v) is 1.17. The maximum Gasteiger partial charge on any atom is 0.328 e. The van der Waals surface area contributed by atoms with E-state index in [0.717, 1.165) is 0 Å². The number of rotatable bonds is 5. The van der Waals surface area contributed by atoms with Crippen LogP contribution in [0.5, 0.6) is 0 Å². The Bertz CT molecular complexity index is 447. The molecule has 90 valence electrons. The molecular weight excluding hydrogens is 210 g/mol. The van der Waals surface area contributed by atoms with Crippen molar-refractivity contribution in [3.05, 3.63) is 27.0 Å². The second-order valence-corrected chi connectivity index (χ2v) is 4.01. The molecule has 0 saturated carbocycles. The normalized spacial score (nSPS) is 10.9. The number of nitrogens with one attached hydrogen (secondary N) is 1. The molecule has 6 heteroatoms. The summed E-state index contributed by atoms with van der Waals surface area (Å²) in [5.74, 6) is 0.456. The van der Waals surface area contributed by atoms with Gasteiger partial charge in [-0.15, -0.1) is 0 Å². The van der Waals surface area contributed by atoms with Gasteiger partial charge in [-0.1, -0.05) is 13.8 Å². The Hall–Kier alpha value is -1.56. The molecule has 0 saturated heterocycles. The summed E-state index contributed by atoms with van der Waals surface area (Å²) in [6.07, 6.45) is 1.33. The first-order chi connectivity index (χ1) is 7.50. The van der Waals surface area contributed by atoms with E-state index in [0.29, 0.717) is 25.7 Å². The van der Waals surface area contributed by atoms with Crippen molar-refractivity contribution in [2.24, 2.45) is 5.92 Å². The van der Waals surface area contributed by atoms with Gasteiger partial charge in [0, 0.05) is 12.8 Å². The summed E-state index contributed by atoms with van der Waals surface area (Å²) >= 11 is 0. The van der Waals surface area contributed by atoms with E-state index in [4.69, 9.17) is 10.5 Å². The van der Waals surface area contributed by atoms with Gasteiger partial charge in [-0.3, -0.25) is 14.3 Å². The molecule has 0 fully saturated rings. The number of hydrogen-bond donors (Lipinski definition) is 2. The summed E-state index contributed by atoms with van der Waals surface area (Å²) in [5.41, 5.74) is 4.41. The van der Waals surface area contributed by atoms with Crippen LogP contribution in [-0.2, 0) is 11.3 Å². The molecule has 0 atom stereocenters. The molecular formula is C10H17N3O3. The van der Waals surface area contributed by atoms with Crippen LogP contribution >= 0.6 is 0 Å². The number of H-pyrrole nitrogens is 1. The average molecular weight is 227 g/mol. The van der Waals surface area contributed by atoms with E-state index in [2.05, 4.69) is 4.98 Å². The third kappa shape index (κ3) is 3.54. The maximum atomic E-state index is 11.3. The van der Waals surface area contributed by atoms with Crippen LogP contribution in [0.1, 0.15) is 13.8 Å². The lowest BCUT2D eigenvalue weighted by Crippen LogP contribution is -2.32. The zero-order valence-electron chi connectivity index (χ0n) is 9.53. The van der Waals surface area contributed by atoms with Crippen LogP contribution in [0.4, 0.5) is 5.69 Å². The van der Waals surface area contributed by atoms with Gasteiger partial charge in [-0.2, -0.15) is 0 Å². The molecule has 1 heterocycles. The van der Waals surface area contributed by atoms with E-state index in [9.17, 15) is 9.59 Å². The first kappa shape index (κ1) is 12.5. The lowest BCUT2D eigenvalue weighted by molar-refractivity contribution is 0.102. The van der Waals surface area contributed by atoms with Gasteiger partial charge in [0.1, 0.15) is 5.69 Å². The average Bonchev–Trinajstić information content (AvgIpc) is 2.19. The summed E-state index contributed by atoms with van der Waals surface area (Å²) in [5, 5.41) is 0. The Morgan fingerprint density at radius 1 is 1.50 bits per heavy atom. The highest BCUT2D eigenvalue weighted by atomic mass is 16.5. The second kappa shape index (κ2) is 5.50. The molecule has 0 aliphatic carbocycles. The van der Waals surface area contributed by atoms with Crippen LogP contribution in [0.25, 0.3) is 0 Å². The molecule has 6 nitrogen and oxygen atoms in total. The summed E-state index contributed by atoms with van der Waals surface area (Å²) in [6, 6.07) is 0. The van der Waals surface area contributed by atoms with Gasteiger partial charge < -0.3 is 10.5 Å². The standard InChI is InChI=1S/C10H17N3O3/c1-7(2)6-16-4-3-13-5-8(11)9(14)12-10(13)15/h5,7H,3-4,6,11H2,1-2H3,(H,12,14,15). The van der Waals surface area contributed by atoms with E-state index in [-0.39, 0.29) is 5.69 Å². The van der Waals surface area contributed by atoms with Gasteiger partial charge in [0.15, 0.2) is 0 Å². The van der Waals surface area contributed by atoms with Crippen LogP contribution < -0.4 is 17.0 Å². The second-order valence-electron chi connectivity index (χ2n) is 4.01. The SMILES string of the molecule is CC(C)COCCn1cc(N)c(=O)[nH]c1=O. The summed E-state index contributed by atoms with van der Waals surface area (Å²) in [6.45, 7) is 5.54. The first-order valence-electron chi connectivity index (χ1n) is 5.17. The minimum absolute atomic E-state index is 0.0310. The molecule has 1 rings (SSSR count). The zero-order valence-corrected chi connectivity index (χ0v) is 9.53. The predicted molar refractivity (Wildman–Crippen MR) is 61.4 cm³/mol.